The second kappa shape index (κ2) is 6.26. The largest absolute Gasteiger partial charge is 0.508 e. The van der Waals surface area contributed by atoms with E-state index in [0.29, 0.717) is 33.7 Å². The molecule has 30 heavy (non-hydrogen) atoms. The van der Waals surface area contributed by atoms with Crippen LogP contribution in [0.4, 0.5) is 5.69 Å². The number of anilines is 1. The quantitative estimate of drug-likeness (QED) is 0.241. The third-order valence-electron chi connectivity index (χ3n) is 5.10. The lowest BCUT2D eigenvalue weighted by molar-refractivity contribution is 0.0226. The molecular formula is C21H15N3O5S. The zero-order valence-electron chi connectivity index (χ0n) is 15.3. The molecule has 0 saturated heterocycles. The number of rotatable bonds is 2. The number of fused-ring (bicyclic) bond motifs is 6. The van der Waals surface area contributed by atoms with E-state index in [9.17, 15) is 15.0 Å². The van der Waals surface area contributed by atoms with E-state index in [0.717, 1.165) is 0 Å². The highest BCUT2D eigenvalue weighted by Gasteiger charge is 2.55. The first kappa shape index (κ1) is 18.1. The molecule has 2 heterocycles. The molecule has 2 aliphatic rings. The van der Waals surface area contributed by atoms with E-state index in [1.54, 1.807) is 30.3 Å². The number of hydrogen-bond donors (Lipinski definition) is 5. The third-order valence-corrected chi connectivity index (χ3v) is 5.20. The lowest BCUT2D eigenvalue weighted by atomic mass is 9.77. The number of nitrogens with one attached hydrogen (secondary N) is 2. The molecule has 1 atom stereocenters. The Morgan fingerprint density at radius 2 is 1.77 bits per heavy atom. The van der Waals surface area contributed by atoms with Crippen LogP contribution in [0.1, 0.15) is 27.0 Å². The third kappa shape index (κ3) is 2.45. The standard InChI is InChI=1S/C21H15N3O5S/c22-20(30)24-23-15-7-11(26)9-17-18(15)21(14-6-5-10(25)8-16(14)28-17)13-4-2-1-3-12(13)19(27)29-21/h1-9,23,25-26H,(H3,22,24,30). The summed E-state index contributed by atoms with van der Waals surface area (Å²) in [6.07, 6.45) is 0. The first-order chi connectivity index (χ1) is 14.4. The monoisotopic (exact) mass is 421 g/mol. The summed E-state index contributed by atoms with van der Waals surface area (Å²) in [5.74, 6) is -0.0783. The van der Waals surface area contributed by atoms with Gasteiger partial charge in [-0.2, -0.15) is 0 Å². The van der Waals surface area contributed by atoms with Gasteiger partial charge < -0.3 is 25.4 Å². The van der Waals surface area contributed by atoms with Crippen molar-refractivity contribution in [3.05, 3.63) is 76.9 Å². The number of carbonyl (C=O) groups is 1. The lowest BCUT2D eigenvalue weighted by Crippen LogP contribution is -2.38. The summed E-state index contributed by atoms with van der Waals surface area (Å²) < 4.78 is 12.0. The van der Waals surface area contributed by atoms with Crippen LogP contribution in [0.3, 0.4) is 0 Å². The maximum Gasteiger partial charge on any atom is 0.340 e. The average Bonchev–Trinajstić information content (AvgIpc) is 2.99. The number of phenolic OH excluding ortho intramolecular Hbond substituents is 2. The van der Waals surface area contributed by atoms with Crippen LogP contribution in [0.5, 0.6) is 23.0 Å². The number of esters is 1. The average molecular weight is 421 g/mol. The van der Waals surface area contributed by atoms with Crippen molar-refractivity contribution >= 4 is 29.0 Å². The van der Waals surface area contributed by atoms with Gasteiger partial charge in [0, 0.05) is 29.3 Å². The van der Waals surface area contributed by atoms with Crippen LogP contribution in [0.15, 0.2) is 54.6 Å². The highest BCUT2D eigenvalue weighted by molar-refractivity contribution is 7.80. The maximum atomic E-state index is 12.8. The lowest BCUT2D eigenvalue weighted by Gasteiger charge is -2.38. The van der Waals surface area contributed by atoms with Crippen molar-refractivity contribution in [3.8, 4) is 23.0 Å². The molecule has 0 saturated carbocycles. The minimum Gasteiger partial charge on any atom is -0.508 e. The normalized spacial score (nSPS) is 17.9. The highest BCUT2D eigenvalue weighted by Crippen LogP contribution is 2.59. The molecular weight excluding hydrogens is 406 g/mol. The molecule has 9 heteroatoms. The fourth-order valence-electron chi connectivity index (χ4n) is 4.01. The van der Waals surface area contributed by atoms with E-state index in [4.69, 9.17) is 27.4 Å². The Morgan fingerprint density at radius 1 is 1.00 bits per heavy atom. The van der Waals surface area contributed by atoms with Crippen molar-refractivity contribution in [1.29, 1.82) is 0 Å². The highest BCUT2D eigenvalue weighted by atomic mass is 32.1. The second-order valence-corrected chi connectivity index (χ2v) is 7.32. The van der Waals surface area contributed by atoms with E-state index < -0.39 is 11.6 Å². The van der Waals surface area contributed by atoms with Gasteiger partial charge in [-0.05, 0) is 30.4 Å². The number of carbonyl (C=O) groups excluding carboxylic acids is 1. The molecule has 6 N–H and O–H groups in total. The molecule has 0 aromatic heterocycles. The Morgan fingerprint density at radius 3 is 2.57 bits per heavy atom. The SMILES string of the molecule is NC(=S)NNc1cc(O)cc2c1C1(OC(=O)c3ccccc31)c1ccc(O)cc1O2. The summed E-state index contributed by atoms with van der Waals surface area (Å²) in [7, 11) is 0. The van der Waals surface area contributed by atoms with Crippen LogP contribution in [0, 0.1) is 0 Å². The number of aromatic hydroxyl groups is 2. The Kier molecular flexibility index (Phi) is 3.77. The molecule has 0 bridgehead atoms. The van der Waals surface area contributed by atoms with Gasteiger partial charge in [-0.3, -0.25) is 10.9 Å². The van der Waals surface area contributed by atoms with Gasteiger partial charge in [0.1, 0.15) is 23.0 Å². The zero-order chi connectivity index (χ0) is 21.0. The van der Waals surface area contributed by atoms with E-state index in [-0.39, 0.29) is 22.4 Å². The molecule has 150 valence electrons. The number of thiocarbonyl (C=S) groups is 1. The number of hydrogen-bond acceptors (Lipinski definition) is 7. The zero-order valence-corrected chi connectivity index (χ0v) is 16.1. The topological polar surface area (TPSA) is 126 Å². The fraction of sp³-hybridized carbons (Fsp3) is 0.0476. The first-order valence-electron chi connectivity index (χ1n) is 8.93. The summed E-state index contributed by atoms with van der Waals surface area (Å²) in [6, 6.07) is 14.4. The van der Waals surface area contributed by atoms with E-state index in [1.165, 1.54) is 24.3 Å². The number of benzene rings is 3. The molecule has 1 spiro atoms. The summed E-state index contributed by atoms with van der Waals surface area (Å²) in [4.78, 5) is 12.8. The van der Waals surface area contributed by atoms with Crippen molar-refractivity contribution in [2.45, 2.75) is 5.60 Å². The minimum atomic E-state index is -1.38. The van der Waals surface area contributed by atoms with Gasteiger partial charge in [-0.1, -0.05) is 18.2 Å². The summed E-state index contributed by atoms with van der Waals surface area (Å²) in [5, 5.41) is 20.2. The first-order valence-corrected chi connectivity index (χ1v) is 9.34. The van der Waals surface area contributed by atoms with Crippen molar-refractivity contribution in [3.63, 3.8) is 0 Å². The van der Waals surface area contributed by atoms with Crippen molar-refractivity contribution in [2.75, 3.05) is 5.43 Å². The van der Waals surface area contributed by atoms with Gasteiger partial charge in [0.05, 0.1) is 16.8 Å². The van der Waals surface area contributed by atoms with Gasteiger partial charge in [0.2, 0.25) is 0 Å². The maximum absolute atomic E-state index is 12.8. The van der Waals surface area contributed by atoms with Gasteiger partial charge in [0.15, 0.2) is 10.7 Å². The molecule has 1 unspecified atom stereocenters. The molecule has 8 nitrogen and oxygen atoms in total. The second-order valence-electron chi connectivity index (χ2n) is 6.88. The molecule has 5 rings (SSSR count). The Labute approximate surface area is 175 Å². The fourth-order valence-corrected chi connectivity index (χ4v) is 4.07. The smallest absolute Gasteiger partial charge is 0.340 e. The predicted molar refractivity (Wildman–Crippen MR) is 112 cm³/mol. The molecule has 0 amide bonds. The van der Waals surface area contributed by atoms with Crippen LogP contribution in [0.25, 0.3) is 0 Å². The minimum absolute atomic E-state index is 0.0152. The Balaban J connectivity index is 1.86. The van der Waals surface area contributed by atoms with Gasteiger partial charge in [-0.15, -0.1) is 0 Å². The summed E-state index contributed by atoms with van der Waals surface area (Å²) in [5.41, 5.74) is 12.0. The molecule has 0 radical (unpaired) electrons. The van der Waals surface area contributed by atoms with Gasteiger partial charge in [-0.25, -0.2) is 4.79 Å². The van der Waals surface area contributed by atoms with E-state index in [2.05, 4.69) is 10.9 Å². The van der Waals surface area contributed by atoms with Crippen molar-refractivity contribution in [2.24, 2.45) is 5.73 Å². The van der Waals surface area contributed by atoms with Crippen LogP contribution >= 0.6 is 12.2 Å². The number of hydrazine groups is 1. The van der Waals surface area contributed by atoms with Gasteiger partial charge in [0.25, 0.3) is 0 Å². The van der Waals surface area contributed by atoms with Gasteiger partial charge >= 0.3 is 5.97 Å². The number of nitrogens with two attached hydrogens (primary N) is 1. The molecule has 3 aromatic carbocycles. The van der Waals surface area contributed by atoms with Crippen molar-refractivity contribution < 1.29 is 24.5 Å². The molecule has 0 aliphatic carbocycles. The summed E-state index contributed by atoms with van der Waals surface area (Å²) >= 11 is 4.86. The van der Waals surface area contributed by atoms with Crippen molar-refractivity contribution in [1.82, 2.24) is 5.43 Å². The molecule has 3 aromatic rings. The van der Waals surface area contributed by atoms with Crippen LogP contribution in [-0.4, -0.2) is 21.3 Å². The number of ether oxygens (including phenoxy) is 2. The van der Waals surface area contributed by atoms with E-state index in [1.807, 2.05) is 0 Å². The number of phenols is 2. The predicted octanol–water partition coefficient (Wildman–Crippen LogP) is 2.83. The van der Waals surface area contributed by atoms with Crippen LogP contribution in [0.2, 0.25) is 0 Å². The summed E-state index contributed by atoms with van der Waals surface area (Å²) in [6.45, 7) is 0. The Bertz CT molecular complexity index is 1250. The molecule has 2 aliphatic heterocycles. The molecule has 0 fully saturated rings. The van der Waals surface area contributed by atoms with E-state index >= 15 is 0 Å². The Hall–Kier alpha value is -3.98. The van der Waals surface area contributed by atoms with Crippen LogP contribution in [-0.2, 0) is 10.3 Å². The van der Waals surface area contributed by atoms with Crippen LogP contribution < -0.4 is 21.3 Å².